The molecule has 2 aliphatic heterocycles. The van der Waals surface area contributed by atoms with Crippen LogP contribution in [0.5, 0.6) is 17.2 Å². The Morgan fingerprint density at radius 3 is 1.61 bits per heavy atom. The van der Waals surface area contributed by atoms with Gasteiger partial charge in [0.15, 0.2) is 11.5 Å². The molecule has 0 N–H and O–H groups in total. The van der Waals surface area contributed by atoms with Crippen LogP contribution < -0.4 is 34.1 Å². The highest BCUT2D eigenvalue weighted by molar-refractivity contribution is 7.07. The van der Waals surface area contributed by atoms with Gasteiger partial charge in [-0.3, -0.25) is 0 Å². The summed E-state index contributed by atoms with van der Waals surface area (Å²) in [4.78, 5) is 4.75. The van der Waals surface area contributed by atoms with Crippen molar-refractivity contribution in [3.8, 4) is 22.9 Å². The second-order valence-corrected chi connectivity index (χ2v) is 29.7. The molecule has 11 heteroatoms. The van der Waals surface area contributed by atoms with Gasteiger partial charge in [0.05, 0.1) is 50.4 Å². The summed E-state index contributed by atoms with van der Waals surface area (Å²) < 4.78 is 24.3. The minimum Gasteiger partial charge on any atom is -0.526 e. The molecule has 0 aliphatic carbocycles. The number of anilines is 5. The van der Waals surface area contributed by atoms with Gasteiger partial charge in [-0.05, 0) is 119 Å². The van der Waals surface area contributed by atoms with E-state index >= 15 is 0 Å². The van der Waals surface area contributed by atoms with E-state index in [0.29, 0.717) is 11.5 Å². The number of allylic oxidation sites excluding steroid dienone is 3. The maximum atomic E-state index is 8.22. The number of halogens is 4. The predicted molar refractivity (Wildman–Crippen MR) is 331 cm³/mol. The summed E-state index contributed by atoms with van der Waals surface area (Å²) in [5, 5.41) is 5.42. The van der Waals surface area contributed by atoms with Crippen LogP contribution in [0, 0.1) is 5.41 Å². The number of rotatable bonds is 8. The van der Waals surface area contributed by atoms with Crippen molar-refractivity contribution in [3.63, 3.8) is 0 Å². The third-order valence-electron chi connectivity index (χ3n) is 15.8. The van der Waals surface area contributed by atoms with Gasteiger partial charge >= 0.3 is 8.32 Å². The first-order valence-corrected chi connectivity index (χ1v) is 29.8. The van der Waals surface area contributed by atoms with Crippen molar-refractivity contribution in [2.75, 3.05) is 24.0 Å². The Morgan fingerprint density at radius 1 is 0.584 bits per heavy atom. The van der Waals surface area contributed by atoms with Crippen LogP contribution in [0.2, 0.25) is 20.1 Å². The maximum absolute atomic E-state index is 8.22. The van der Waals surface area contributed by atoms with Crippen molar-refractivity contribution < 1.29 is 13.9 Å². The highest BCUT2D eigenvalue weighted by Gasteiger charge is 2.59. The predicted octanol–water partition coefficient (Wildman–Crippen LogP) is 19.2. The molecule has 1 aromatic heterocycles. The van der Waals surface area contributed by atoms with Crippen LogP contribution in [0.25, 0.3) is 27.5 Å². The van der Waals surface area contributed by atoms with E-state index in [1.165, 1.54) is 11.1 Å². The summed E-state index contributed by atoms with van der Waals surface area (Å²) >= 11 is 28.7. The summed E-state index contributed by atoms with van der Waals surface area (Å²) in [6.07, 6.45) is 2.19. The molecule has 0 saturated carbocycles. The molecule has 7 aromatic carbocycles. The van der Waals surface area contributed by atoms with Crippen LogP contribution in [0.15, 0.2) is 144 Å². The number of hydrogen-bond donors (Lipinski definition) is 0. The molecule has 8 aromatic rings. The topological polar surface area (TPSA) is 39.1 Å². The normalized spacial score (nSPS) is 15.9. The van der Waals surface area contributed by atoms with Gasteiger partial charge in [0, 0.05) is 45.3 Å². The number of fused-ring (bicyclic) bond motifs is 5. The zero-order valence-electron chi connectivity index (χ0n) is 47.2. The molecule has 398 valence electrons. The number of benzene rings is 7. The fraction of sp³-hybridized carbons (Fsp3) is 0.303. The zero-order valence-corrected chi connectivity index (χ0v) is 51.2. The molecule has 6 nitrogen and oxygen atoms in total. The Labute approximate surface area is 476 Å². The van der Waals surface area contributed by atoms with Gasteiger partial charge in [0.1, 0.15) is 21.6 Å². The molecule has 0 fully saturated rings. The van der Waals surface area contributed by atoms with Crippen LogP contribution in [0.4, 0.5) is 28.4 Å². The second kappa shape index (κ2) is 19.2. The van der Waals surface area contributed by atoms with Crippen LogP contribution in [-0.4, -0.2) is 27.0 Å². The minimum atomic E-state index is -4.13. The van der Waals surface area contributed by atoms with Crippen molar-refractivity contribution in [1.82, 2.24) is 4.57 Å². The lowest BCUT2D eigenvalue weighted by atomic mass is 9.86. The molecule has 0 saturated heterocycles. The molecule has 1 atom stereocenters. The zero-order chi connectivity index (χ0) is 55.6. The lowest BCUT2D eigenvalue weighted by Crippen LogP contribution is -2.70. The van der Waals surface area contributed by atoms with E-state index in [0.717, 1.165) is 82.6 Å². The Bertz CT molecular complexity index is 3700. The van der Waals surface area contributed by atoms with Gasteiger partial charge in [0.2, 0.25) is 0 Å². The number of para-hydroxylation sites is 2. The van der Waals surface area contributed by atoms with Crippen molar-refractivity contribution >= 4 is 115 Å². The average molecular weight is 1120 g/mol. The fourth-order valence-corrected chi connectivity index (χ4v) is 16.3. The van der Waals surface area contributed by atoms with Crippen LogP contribution in [0.3, 0.4) is 0 Å². The molecule has 0 bridgehead atoms. The first-order chi connectivity index (χ1) is 36.1. The van der Waals surface area contributed by atoms with Crippen molar-refractivity contribution in [3.05, 3.63) is 181 Å². The molecular weight excluding hydrogens is 1050 g/mol. The first-order valence-electron chi connectivity index (χ1n) is 26.4. The summed E-state index contributed by atoms with van der Waals surface area (Å²) in [5.74, 6) is 1.76. The SMILES string of the molecule is COc1c(Cl)c(Cl)c(Cl)c(Cl)c1O[Si@]12C(C)=C(/C=C(\C)C(C)(C)C)Oc3cc(C(C)(C)C)cc(c31)N(c1ccc(C(C)(C)C)cc1)c1cc(-n3c4ccccc4c4ccccc43)cc(N(C)c3ccc(C(C)(C)C)cc3)c12. The van der Waals surface area contributed by atoms with E-state index in [4.69, 9.17) is 60.3 Å². The smallest absolute Gasteiger partial charge is 0.356 e. The van der Waals surface area contributed by atoms with Crippen molar-refractivity contribution in [1.29, 1.82) is 0 Å². The van der Waals surface area contributed by atoms with E-state index in [1.54, 1.807) is 7.11 Å². The van der Waals surface area contributed by atoms with Gasteiger partial charge in [-0.1, -0.05) is 196 Å². The minimum absolute atomic E-state index is 0.0643. The van der Waals surface area contributed by atoms with Gasteiger partial charge in [-0.15, -0.1) is 0 Å². The molecule has 10 rings (SSSR count). The Hall–Kier alpha value is -5.80. The molecule has 0 unspecified atom stereocenters. The lowest BCUT2D eigenvalue weighted by Gasteiger charge is -2.49. The number of aromatic nitrogens is 1. The second-order valence-electron chi connectivity index (χ2n) is 24.9. The summed E-state index contributed by atoms with van der Waals surface area (Å²) in [6, 6.07) is 44.5. The third kappa shape index (κ3) is 9.12. The Kier molecular flexibility index (Phi) is 13.6. The molecule has 0 spiro atoms. The number of methoxy groups -OCH3 is 1. The van der Waals surface area contributed by atoms with Crippen LogP contribution in [-0.2, 0) is 16.2 Å². The number of nitrogens with zero attached hydrogens (tertiary/aromatic N) is 3. The summed E-state index contributed by atoms with van der Waals surface area (Å²) in [5.41, 5.74) is 11.9. The van der Waals surface area contributed by atoms with Gasteiger partial charge in [-0.25, -0.2) is 0 Å². The van der Waals surface area contributed by atoms with Crippen molar-refractivity contribution in [2.24, 2.45) is 5.41 Å². The maximum Gasteiger partial charge on any atom is 0.356 e. The van der Waals surface area contributed by atoms with Gasteiger partial charge in [0.25, 0.3) is 0 Å². The van der Waals surface area contributed by atoms with Crippen LogP contribution >= 0.6 is 46.4 Å². The highest BCUT2D eigenvalue weighted by atomic mass is 35.5. The fourth-order valence-electron chi connectivity index (χ4n) is 10.8. The first kappa shape index (κ1) is 54.5. The number of hydrogen-bond acceptors (Lipinski definition) is 5. The average Bonchev–Trinajstić information content (AvgIpc) is 3.87. The molecule has 77 heavy (non-hydrogen) atoms. The summed E-state index contributed by atoms with van der Waals surface area (Å²) in [6.45, 7) is 31.2. The summed E-state index contributed by atoms with van der Waals surface area (Å²) in [7, 11) is -0.424. The quantitative estimate of drug-likeness (QED) is 0.0861. The standard InChI is InChI=1S/C66H69Cl4N3O3Si/c1-38(63(3,4)5)33-53-39(2)77(76-60-58(70)56(68)55(67)57(69)59(60)74-16)61-50(71(15)43-29-25-40(26-30-43)64(6,7)8)36-45(73-48-23-19-17-21-46(48)47-22-18-20-24-49(47)73)37-52(61)72(44-31-27-41(28-32-44)65(9,10)11)51-34-42(66(12,13)14)35-54(75-53)62(51)77/h17-37H,1-16H3/b38-33+/t77-/m0/s1. The molecule has 0 amide bonds. The molecule has 0 radical (unpaired) electrons. The lowest BCUT2D eigenvalue weighted by molar-refractivity contribution is 0.391. The van der Waals surface area contributed by atoms with E-state index in [1.807, 2.05) is 0 Å². The molecule has 3 heterocycles. The Morgan fingerprint density at radius 2 is 1.09 bits per heavy atom. The third-order valence-corrected chi connectivity index (χ3v) is 21.8. The monoisotopic (exact) mass is 1120 g/mol. The molecule has 2 aliphatic rings. The van der Waals surface area contributed by atoms with Crippen molar-refractivity contribution in [2.45, 2.75) is 113 Å². The van der Waals surface area contributed by atoms with Gasteiger partial charge < -0.3 is 28.3 Å². The van der Waals surface area contributed by atoms with Crippen LogP contribution in [0.1, 0.15) is 114 Å². The van der Waals surface area contributed by atoms with E-state index in [9.17, 15) is 0 Å². The highest BCUT2D eigenvalue weighted by Crippen LogP contribution is 2.55. The molecular formula is C66H69Cl4N3O3Si. The van der Waals surface area contributed by atoms with E-state index in [2.05, 4.69) is 246 Å². The van der Waals surface area contributed by atoms with Gasteiger partial charge in [-0.2, -0.15) is 0 Å². The van der Waals surface area contributed by atoms with E-state index in [-0.39, 0.29) is 53.2 Å². The largest absolute Gasteiger partial charge is 0.526 e. The van der Waals surface area contributed by atoms with E-state index < -0.39 is 8.32 Å². The number of ether oxygens (including phenoxy) is 2. The Balaban J connectivity index is 1.47.